The molecule has 7 heteroatoms. The number of aromatic nitrogens is 1. The molecule has 2 aromatic carbocycles. The van der Waals surface area contributed by atoms with Crippen LogP contribution in [0.3, 0.4) is 0 Å². The summed E-state index contributed by atoms with van der Waals surface area (Å²) in [5.41, 5.74) is 2.78. The van der Waals surface area contributed by atoms with Crippen LogP contribution in [0.4, 0.5) is 0 Å². The van der Waals surface area contributed by atoms with E-state index in [-0.39, 0.29) is 17.9 Å². The standard InChI is InChI=1S/C21H21Cl2N3O2/c1-12(14-7-8-17(22)18(23)9-14)25-21(28)20(26-13(2)27)10-15-11-24-19-6-4-3-5-16(15)19/h3-9,11-12,20,24H,10H2,1-2H3,(H,25,28)(H,26,27). The number of carbonyl (C=O) groups excluding carboxylic acids is 2. The number of hydrogen-bond donors (Lipinski definition) is 3. The predicted molar refractivity (Wildman–Crippen MR) is 113 cm³/mol. The van der Waals surface area contributed by atoms with Crippen molar-refractivity contribution in [2.24, 2.45) is 0 Å². The summed E-state index contributed by atoms with van der Waals surface area (Å²) in [5, 5.41) is 7.61. The van der Waals surface area contributed by atoms with Crippen LogP contribution in [0.5, 0.6) is 0 Å². The number of rotatable bonds is 6. The van der Waals surface area contributed by atoms with Crippen LogP contribution in [0, 0.1) is 0 Å². The molecule has 3 rings (SSSR count). The van der Waals surface area contributed by atoms with E-state index >= 15 is 0 Å². The summed E-state index contributed by atoms with van der Waals surface area (Å²) in [4.78, 5) is 27.7. The summed E-state index contributed by atoms with van der Waals surface area (Å²) in [6.07, 6.45) is 2.25. The number of aromatic amines is 1. The third-order valence-electron chi connectivity index (χ3n) is 4.60. The average molecular weight is 418 g/mol. The molecule has 0 saturated carbocycles. The molecule has 0 spiro atoms. The summed E-state index contributed by atoms with van der Waals surface area (Å²) in [7, 11) is 0. The molecule has 0 bridgehead atoms. The predicted octanol–water partition coefficient (Wildman–Crippen LogP) is 4.40. The number of hydrogen-bond acceptors (Lipinski definition) is 2. The molecule has 2 atom stereocenters. The van der Waals surface area contributed by atoms with Gasteiger partial charge in [-0.15, -0.1) is 0 Å². The monoisotopic (exact) mass is 417 g/mol. The maximum atomic E-state index is 12.9. The van der Waals surface area contributed by atoms with E-state index in [1.807, 2.05) is 43.5 Å². The fourth-order valence-electron chi connectivity index (χ4n) is 3.15. The van der Waals surface area contributed by atoms with E-state index in [9.17, 15) is 9.59 Å². The number of amides is 2. The minimum Gasteiger partial charge on any atom is -0.361 e. The molecule has 0 fully saturated rings. The minimum absolute atomic E-state index is 0.262. The van der Waals surface area contributed by atoms with Crippen molar-refractivity contribution in [1.29, 1.82) is 0 Å². The Labute approximate surface area is 173 Å². The molecule has 0 aliphatic rings. The summed E-state index contributed by atoms with van der Waals surface area (Å²) in [6, 6.07) is 12.1. The first-order valence-electron chi connectivity index (χ1n) is 8.92. The van der Waals surface area contributed by atoms with Crippen LogP contribution in [-0.4, -0.2) is 22.8 Å². The maximum absolute atomic E-state index is 12.9. The van der Waals surface area contributed by atoms with Gasteiger partial charge in [0.2, 0.25) is 11.8 Å². The van der Waals surface area contributed by atoms with Crippen LogP contribution < -0.4 is 10.6 Å². The Morgan fingerprint density at radius 1 is 1.07 bits per heavy atom. The van der Waals surface area contributed by atoms with Crippen molar-refractivity contribution in [2.75, 3.05) is 0 Å². The first kappa shape index (κ1) is 20.2. The zero-order valence-corrected chi connectivity index (χ0v) is 17.1. The average Bonchev–Trinajstić information content (AvgIpc) is 3.06. The van der Waals surface area contributed by atoms with Gasteiger partial charge in [0.25, 0.3) is 0 Å². The number of halogens is 2. The second kappa shape index (κ2) is 8.67. The van der Waals surface area contributed by atoms with Crippen molar-refractivity contribution in [3.63, 3.8) is 0 Å². The topological polar surface area (TPSA) is 74.0 Å². The Kier molecular flexibility index (Phi) is 6.27. The third kappa shape index (κ3) is 4.66. The molecular weight excluding hydrogens is 397 g/mol. The Hall–Kier alpha value is -2.50. The van der Waals surface area contributed by atoms with E-state index < -0.39 is 6.04 Å². The molecule has 3 aromatic rings. The molecule has 2 unspecified atom stereocenters. The second-order valence-electron chi connectivity index (χ2n) is 6.72. The Morgan fingerprint density at radius 3 is 2.54 bits per heavy atom. The summed E-state index contributed by atoms with van der Waals surface area (Å²) in [6.45, 7) is 3.26. The van der Waals surface area contributed by atoms with Gasteiger partial charge in [-0.25, -0.2) is 0 Å². The molecule has 3 N–H and O–H groups in total. The Morgan fingerprint density at radius 2 is 1.82 bits per heavy atom. The van der Waals surface area contributed by atoms with Gasteiger partial charge in [0.1, 0.15) is 6.04 Å². The molecule has 1 heterocycles. The molecule has 28 heavy (non-hydrogen) atoms. The molecular formula is C21H21Cl2N3O2. The lowest BCUT2D eigenvalue weighted by Gasteiger charge is -2.21. The largest absolute Gasteiger partial charge is 0.361 e. The van der Waals surface area contributed by atoms with Gasteiger partial charge in [-0.3, -0.25) is 9.59 Å². The molecule has 5 nitrogen and oxygen atoms in total. The number of H-pyrrole nitrogens is 1. The van der Waals surface area contributed by atoms with Gasteiger partial charge in [0.05, 0.1) is 16.1 Å². The van der Waals surface area contributed by atoms with E-state index in [4.69, 9.17) is 23.2 Å². The lowest BCUT2D eigenvalue weighted by atomic mass is 10.0. The SMILES string of the molecule is CC(=O)NC(Cc1c[nH]c2ccccc12)C(=O)NC(C)c1ccc(Cl)c(Cl)c1. The van der Waals surface area contributed by atoms with Gasteiger partial charge in [0.15, 0.2) is 0 Å². The smallest absolute Gasteiger partial charge is 0.243 e. The van der Waals surface area contributed by atoms with Gasteiger partial charge in [0, 0.05) is 30.4 Å². The summed E-state index contributed by atoms with van der Waals surface area (Å²) < 4.78 is 0. The van der Waals surface area contributed by atoms with Crippen LogP contribution in [-0.2, 0) is 16.0 Å². The van der Waals surface area contributed by atoms with Crippen LogP contribution in [0.2, 0.25) is 10.0 Å². The zero-order chi connectivity index (χ0) is 20.3. The first-order valence-corrected chi connectivity index (χ1v) is 9.68. The van der Waals surface area contributed by atoms with Gasteiger partial charge < -0.3 is 15.6 Å². The molecule has 1 aromatic heterocycles. The van der Waals surface area contributed by atoms with Crippen LogP contribution in [0.15, 0.2) is 48.7 Å². The maximum Gasteiger partial charge on any atom is 0.243 e. The fraction of sp³-hybridized carbons (Fsp3) is 0.238. The zero-order valence-electron chi connectivity index (χ0n) is 15.6. The van der Waals surface area contributed by atoms with E-state index in [0.29, 0.717) is 16.5 Å². The lowest BCUT2D eigenvalue weighted by molar-refractivity contribution is -0.128. The molecule has 2 amide bonds. The number of para-hydroxylation sites is 1. The van der Waals surface area contributed by atoms with Crippen LogP contribution in [0.25, 0.3) is 10.9 Å². The Balaban J connectivity index is 1.77. The number of fused-ring (bicyclic) bond motifs is 1. The quantitative estimate of drug-likeness (QED) is 0.555. The molecule has 0 aliphatic carbocycles. The highest BCUT2D eigenvalue weighted by molar-refractivity contribution is 6.42. The third-order valence-corrected chi connectivity index (χ3v) is 5.33. The summed E-state index contributed by atoms with van der Waals surface area (Å²) in [5.74, 6) is -0.527. The van der Waals surface area contributed by atoms with Crippen LogP contribution in [0.1, 0.15) is 31.0 Å². The van der Waals surface area contributed by atoms with Crippen molar-refractivity contribution >= 4 is 45.9 Å². The van der Waals surface area contributed by atoms with Gasteiger partial charge in [-0.05, 0) is 36.2 Å². The van der Waals surface area contributed by atoms with Crippen molar-refractivity contribution in [3.8, 4) is 0 Å². The highest BCUT2D eigenvalue weighted by Gasteiger charge is 2.23. The van der Waals surface area contributed by atoms with E-state index in [1.54, 1.807) is 12.1 Å². The first-order chi connectivity index (χ1) is 13.3. The molecule has 146 valence electrons. The summed E-state index contributed by atoms with van der Waals surface area (Å²) >= 11 is 12.0. The van der Waals surface area contributed by atoms with Gasteiger partial charge >= 0.3 is 0 Å². The Bertz CT molecular complexity index is 1020. The van der Waals surface area contributed by atoms with Crippen molar-refractivity contribution in [2.45, 2.75) is 32.4 Å². The lowest BCUT2D eigenvalue weighted by Crippen LogP contribution is -2.47. The number of nitrogens with one attached hydrogen (secondary N) is 3. The number of benzene rings is 2. The van der Waals surface area contributed by atoms with E-state index in [1.165, 1.54) is 6.92 Å². The second-order valence-corrected chi connectivity index (χ2v) is 7.53. The van der Waals surface area contributed by atoms with Crippen molar-refractivity contribution < 1.29 is 9.59 Å². The van der Waals surface area contributed by atoms with Crippen LogP contribution >= 0.6 is 23.2 Å². The van der Waals surface area contributed by atoms with E-state index in [2.05, 4.69) is 15.6 Å². The van der Waals surface area contributed by atoms with Gasteiger partial charge in [-0.1, -0.05) is 47.5 Å². The number of carbonyl (C=O) groups is 2. The highest BCUT2D eigenvalue weighted by Crippen LogP contribution is 2.26. The minimum atomic E-state index is -0.693. The fourth-order valence-corrected chi connectivity index (χ4v) is 3.46. The highest BCUT2D eigenvalue weighted by atomic mass is 35.5. The van der Waals surface area contributed by atoms with Gasteiger partial charge in [-0.2, -0.15) is 0 Å². The normalized spacial score (nSPS) is 13.1. The molecule has 0 aliphatic heterocycles. The molecule has 0 saturated heterocycles. The van der Waals surface area contributed by atoms with Crippen molar-refractivity contribution in [1.82, 2.24) is 15.6 Å². The van der Waals surface area contributed by atoms with E-state index in [0.717, 1.165) is 22.0 Å². The molecule has 0 radical (unpaired) electrons. The van der Waals surface area contributed by atoms with Crippen molar-refractivity contribution in [3.05, 3.63) is 69.8 Å².